The molecule has 0 saturated carbocycles. The predicted molar refractivity (Wildman–Crippen MR) is 74.1 cm³/mol. The van der Waals surface area contributed by atoms with Crippen LogP contribution in [0.1, 0.15) is 10.4 Å². The number of hydrogen-bond acceptors (Lipinski definition) is 6. The van der Waals surface area contributed by atoms with Crippen molar-refractivity contribution < 1.29 is 29.3 Å². The smallest absolute Gasteiger partial charge is 0.241 e. The molecule has 2 amide bonds. The second kappa shape index (κ2) is 4.50. The molecule has 7 heteroatoms. The number of carbonyl (C=O) groups is 3. The minimum Gasteiger partial charge on any atom is -0.545 e. The van der Waals surface area contributed by atoms with Crippen molar-refractivity contribution in [1.82, 2.24) is 0 Å². The molecule has 7 nitrogen and oxygen atoms in total. The summed E-state index contributed by atoms with van der Waals surface area (Å²) in [6, 6.07) is 5.49. The van der Waals surface area contributed by atoms with Crippen molar-refractivity contribution in [3.05, 3.63) is 42.0 Å². The number of aliphatic hydroxyl groups is 1. The molecule has 23 heavy (non-hydrogen) atoms. The highest BCUT2D eigenvalue weighted by Gasteiger charge is 2.67. The van der Waals surface area contributed by atoms with Gasteiger partial charge in [-0.1, -0.05) is 24.3 Å². The lowest BCUT2D eigenvalue weighted by Gasteiger charge is -2.26. The van der Waals surface area contributed by atoms with Crippen molar-refractivity contribution in [1.29, 1.82) is 0 Å². The van der Waals surface area contributed by atoms with Gasteiger partial charge >= 0.3 is 0 Å². The predicted octanol–water partition coefficient (Wildman–Crippen LogP) is -1.14. The van der Waals surface area contributed by atoms with E-state index in [0.29, 0.717) is 0 Å². The Labute approximate surface area is 130 Å². The van der Waals surface area contributed by atoms with Crippen LogP contribution in [-0.2, 0) is 14.3 Å². The van der Waals surface area contributed by atoms with Crippen LogP contribution < -0.4 is 10.0 Å². The van der Waals surface area contributed by atoms with Crippen LogP contribution in [0, 0.1) is 11.8 Å². The summed E-state index contributed by atoms with van der Waals surface area (Å²) in [5.74, 6) is -3.80. The Morgan fingerprint density at radius 2 is 2.13 bits per heavy atom. The van der Waals surface area contributed by atoms with Crippen LogP contribution in [0.25, 0.3) is 0 Å². The van der Waals surface area contributed by atoms with Gasteiger partial charge in [0, 0.05) is 0 Å². The monoisotopic (exact) mass is 314 g/mol. The summed E-state index contributed by atoms with van der Waals surface area (Å²) in [4.78, 5) is 37.4. The van der Waals surface area contributed by atoms with E-state index in [9.17, 15) is 24.6 Å². The third-order valence-electron chi connectivity index (χ3n) is 4.74. The molecule has 3 heterocycles. The van der Waals surface area contributed by atoms with Gasteiger partial charge in [-0.3, -0.25) is 9.59 Å². The molecular weight excluding hydrogens is 302 g/mol. The molecule has 4 rings (SSSR count). The first kappa shape index (κ1) is 14.1. The fraction of sp³-hybridized carbons (Fsp3) is 0.312. The largest absolute Gasteiger partial charge is 0.545 e. The molecule has 118 valence electrons. The number of nitrogens with zero attached hydrogens (tertiary/aromatic N) is 1. The number of imide groups is 1. The summed E-state index contributed by atoms with van der Waals surface area (Å²) >= 11 is 0. The molecule has 1 aromatic rings. The van der Waals surface area contributed by atoms with E-state index in [-0.39, 0.29) is 11.3 Å². The maximum Gasteiger partial charge on any atom is 0.241 e. The first-order valence-corrected chi connectivity index (χ1v) is 7.16. The van der Waals surface area contributed by atoms with Crippen LogP contribution in [0.4, 0.5) is 5.69 Å². The first-order chi connectivity index (χ1) is 11.0. The lowest BCUT2D eigenvalue weighted by Crippen LogP contribution is -2.43. The highest BCUT2D eigenvalue weighted by Crippen LogP contribution is 2.52. The van der Waals surface area contributed by atoms with Gasteiger partial charge in [0.25, 0.3) is 0 Å². The number of anilines is 1. The lowest BCUT2D eigenvalue weighted by molar-refractivity contribution is -0.255. The fourth-order valence-corrected chi connectivity index (χ4v) is 3.71. The summed E-state index contributed by atoms with van der Waals surface area (Å²) in [6.45, 7) is -0.396. The molecule has 2 fully saturated rings. The average molecular weight is 314 g/mol. The van der Waals surface area contributed by atoms with E-state index in [1.165, 1.54) is 24.3 Å². The van der Waals surface area contributed by atoms with Gasteiger partial charge in [-0.15, -0.1) is 0 Å². The fourth-order valence-electron chi connectivity index (χ4n) is 3.71. The van der Waals surface area contributed by atoms with Gasteiger partial charge in [-0.05, 0) is 17.7 Å². The SMILES string of the molecule is O=C([O-])c1cccc(N2C(=O)[C@H]3[C@@H]4C=C[C@](CO)(O4)[C@@H]3C2=O)c1. The van der Waals surface area contributed by atoms with Gasteiger partial charge in [0.2, 0.25) is 11.8 Å². The van der Waals surface area contributed by atoms with Crippen LogP contribution >= 0.6 is 0 Å². The number of ether oxygens (including phenoxy) is 1. The lowest BCUT2D eigenvalue weighted by atomic mass is 9.77. The number of aliphatic hydroxyl groups excluding tert-OH is 1. The summed E-state index contributed by atoms with van der Waals surface area (Å²) in [5.41, 5.74) is -1.10. The van der Waals surface area contributed by atoms with Gasteiger partial charge in [0.1, 0.15) is 5.60 Å². The van der Waals surface area contributed by atoms with Crippen LogP contribution in [0.5, 0.6) is 0 Å². The van der Waals surface area contributed by atoms with Crippen molar-refractivity contribution in [2.75, 3.05) is 11.5 Å². The molecule has 0 unspecified atom stereocenters. The van der Waals surface area contributed by atoms with Crippen LogP contribution in [-0.4, -0.2) is 41.2 Å². The number of benzene rings is 1. The molecular formula is C16H12NO6-. The number of hydrogen-bond donors (Lipinski definition) is 1. The zero-order valence-corrected chi connectivity index (χ0v) is 11.8. The molecule has 0 aliphatic carbocycles. The Hall–Kier alpha value is -2.51. The Kier molecular flexibility index (Phi) is 2.76. The highest BCUT2D eigenvalue weighted by molar-refractivity contribution is 6.23. The third-order valence-corrected chi connectivity index (χ3v) is 4.74. The number of rotatable bonds is 3. The van der Waals surface area contributed by atoms with Crippen molar-refractivity contribution in [2.24, 2.45) is 11.8 Å². The molecule has 0 spiro atoms. The molecule has 0 radical (unpaired) electrons. The zero-order chi connectivity index (χ0) is 16.4. The van der Waals surface area contributed by atoms with Crippen molar-refractivity contribution >= 4 is 23.5 Å². The van der Waals surface area contributed by atoms with Gasteiger partial charge in [0.05, 0.1) is 36.2 Å². The minimum absolute atomic E-state index is 0.116. The van der Waals surface area contributed by atoms with Gasteiger partial charge < -0.3 is 19.7 Å². The molecule has 3 aliphatic heterocycles. The second-order valence-corrected chi connectivity index (χ2v) is 5.91. The maximum absolute atomic E-state index is 12.7. The van der Waals surface area contributed by atoms with Crippen LogP contribution in [0.3, 0.4) is 0 Å². The number of carbonyl (C=O) groups excluding carboxylic acids is 3. The zero-order valence-electron chi connectivity index (χ0n) is 11.8. The Morgan fingerprint density at radius 3 is 2.83 bits per heavy atom. The van der Waals surface area contributed by atoms with Crippen molar-refractivity contribution in [2.45, 2.75) is 11.7 Å². The molecule has 3 aliphatic rings. The molecule has 2 bridgehead atoms. The Balaban J connectivity index is 1.76. The average Bonchev–Trinajstić information content (AvgIpc) is 3.18. The molecule has 2 saturated heterocycles. The van der Waals surface area contributed by atoms with E-state index in [2.05, 4.69) is 0 Å². The molecule has 4 atom stereocenters. The number of fused-ring (bicyclic) bond motifs is 5. The van der Waals surface area contributed by atoms with E-state index >= 15 is 0 Å². The van der Waals surface area contributed by atoms with E-state index < -0.39 is 47.9 Å². The third kappa shape index (κ3) is 1.68. The number of aromatic carboxylic acids is 1. The summed E-state index contributed by atoms with van der Waals surface area (Å²) in [7, 11) is 0. The Bertz CT molecular complexity index is 772. The summed E-state index contributed by atoms with van der Waals surface area (Å²) in [6.07, 6.45) is 2.77. The quantitative estimate of drug-likeness (QED) is 0.558. The van der Waals surface area contributed by atoms with Gasteiger partial charge in [0.15, 0.2) is 0 Å². The summed E-state index contributed by atoms with van der Waals surface area (Å²) in [5, 5.41) is 20.6. The Morgan fingerprint density at radius 1 is 1.35 bits per heavy atom. The summed E-state index contributed by atoms with van der Waals surface area (Å²) < 4.78 is 5.63. The molecule has 0 aromatic heterocycles. The minimum atomic E-state index is -1.39. The van der Waals surface area contributed by atoms with Crippen LogP contribution in [0.2, 0.25) is 0 Å². The number of carboxylic acid groups (broad SMARTS) is 1. The van der Waals surface area contributed by atoms with E-state index in [1.54, 1.807) is 12.2 Å². The number of amides is 2. The maximum atomic E-state index is 12.7. The molecule has 1 N–H and O–H groups in total. The first-order valence-electron chi connectivity index (χ1n) is 7.16. The standard InChI is InChI=1S/C16H13NO6/c18-7-16-5-4-10(23-16)11-12(16)14(20)17(13(11)19)9-3-1-2-8(6-9)15(21)22/h1-6,10-12,18H,7H2,(H,21,22)/p-1/t10-,11-,12-,16+/m0/s1. The normalized spacial score (nSPS) is 34.3. The topological polar surface area (TPSA) is 107 Å². The van der Waals surface area contributed by atoms with Gasteiger partial charge in [-0.25, -0.2) is 4.90 Å². The van der Waals surface area contributed by atoms with Gasteiger partial charge in [-0.2, -0.15) is 0 Å². The number of carboxylic acids is 1. The van der Waals surface area contributed by atoms with Crippen LogP contribution in [0.15, 0.2) is 36.4 Å². The highest BCUT2D eigenvalue weighted by atomic mass is 16.5. The van der Waals surface area contributed by atoms with Crippen molar-refractivity contribution in [3.63, 3.8) is 0 Å². The van der Waals surface area contributed by atoms with E-state index in [0.717, 1.165) is 4.90 Å². The van der Waals surface area contributed by atoms with E-state index in [1.807, 2.05) is 0 Å². The van der Waals surface area contributed by atoms with E-state index in [4.69, 9.17) is 4.74 Å². The molecule has 1 aromatic carbocycles. The second-order valence-electron chi connectivity index (χ2n) is 5.91. The van der Waals surface area contributed by atoms with Crippen molar-refractivity contribution in [3.8, 4) is 0 Å².